The van der Waals surface area contributed by atoms with E-state index in [1.54, 1.807) is 0 Å². The van der Waals surface area contributed by atoms with Crippen LogP contribution in [-0.2, 0) is 0 Å². The number of benzene rings is 1. The molecule has 0 radical (unpaired) electrons. The molecule has 19 heavy (non-hydrogen) atoms. The molecule has 0 aromatic heterocycles. The minimum absolute atomic E-state index is 0.825. The van der Waals surface area contributed by atoms with Crippen LogP contribution in [0.25, 0.3) is 0 Å². The first-order valence-electron chi connectivity index (χ1n) is 7.53. The minimum Gasteiger partial charge on any atom is -0.384 e. The van der Waals surface area contributed by atoms with Crippen LogP contribution in [0.1, 0.15) is 39.0 Å². The molecule has 1 aromatic rings. The Morgan fingerprint density at radius 3 is 2.47 bits per heavy atom. The van der Waals surface area contributed by atoms with Gasteiger partial charge >= 0.3 is 0 Å². The molecule has 0 saturated heterocycles. The molecule has 106 valence electrons. The van der Waals surface area contributed by atoms with Gasteiger partial charge in [0.2, 0.25) is 0 Å². The van der Waals surface area contributed by atoms with Gasteiger partial charge in [0.1, 0.15) is 0 Å². The summed E-state index contributed by atoms with van der Waals surface area (Å²) in [4.78, 5) is 2.64. The fourth-order valence-corrected chi connectivity index (χ4v) is 3.22. The molecule has 2 rings (SSSR count). The van der Waals surface area contributed by atoms with Gasteiger partial charge in [0.15, 0.2) is 0 Å². The van der Waals surface area contributed by atoms with Gasteiger partial charge in [-0.05, 0) is 43.7 Å². The van der Waals surface area contributed by atoms with E-state index in [0.717, 1.165) is 23.6 Å². The number of nitrogens with one attached hydrogen (secondary N) is 1. The quantitative estimate of drug-likeness (QED) is 0.827. The maximum atomic E-state index is 3.51. The standard InChI is InChI=1S/C16H25BrN2/c1-2-19(16-6-4-3-5-7-16)13-12-18-15-10-8-14(17)9-11-15/h8-11,16,18H,2-7,12-13H2,1H3. The molecule has 0 bridgehead atoms. The molecule has 3 heteroatoms. The Morgan fingerprint density at radius 1 is 1.16 bits per heavy atom. The zero-order valence-electron chi connectivity index (χ0n) is 11.9. The van der Waals surface area contributed by atoms with Crippen molar-refractivity contribution in [3.8, 4) is 0 Å². The summed E-state index contributed by atoms with van der Waals surface area (Å²) in [7, 11) is 0. The van der Waals surface area contributed by atoms with Crippen LogP contribution in [0.15, 0.2) is 28.7 Å². The summed E-state index contributed by atoms with van der Waals surface area (Å²) in [6.07, 6.45) is 7.06. The molecule has 1 N–H and O–H groups in total. The largest absolute Gasteiger partial charge is 0.384 e. The highest BCUT2D eigenvalue weighted by Gasteiger charge is 2.19. The minimum atomic E-state index is 0.825. The molecule has 1 fully saturated rings. The van der Waals surface area contributed by atoms with E-state index in [9.17, 15) is 0 Å². The van der Waals surface area contributed by atoms with E-state index in [-0.39, 0.29) is 0 Å². The lowest BCUT2D eigenvalue weighted by Crippen LogP contribution is -2.39. The second-order valence-corrected chi connectivity index (χ2v) is 6.27. The van der Waals surface area contributed by atoms with Crippen LogP contribution in [0.2, 0.25) is 0 Å². The average Bonchev–Trinajstić information content (AvgIpc) is 2.46. The molecule has 1 saturated carbocycles. The number of halogens is 1. The van der Waals surface area contributed by atoms with Crippen molar-refractivity contribution < 1.29 is 0 Å². The first-order chi connectivity index (χ1) is 9.29. The third kappa shape index (κ3) is 4.81. The first kappa shape index (κ1) is 14.9. The maximum Gasteiger partial charge on any atom is 0.0341 e. The van der Waals surface area contributed by atoms with Crippen molar-refractivity contribution in [2.24, 2.45) is 0 Å². The Kier molecular flexibility index (Phi) is 6.18. The maximum absolute atomic E-state index is 3.51. The Hall–Kier alpha value is -0.540. The summed E-state index contributed by atoms with van der Waals surface area (Å²) >= 11 is 3.46. The highest BCUT2D eigenvalue weighted by molar-refractivity contribution is 9.10. The predicted molar refractivity (Wildman–Crippen MR) is 86.8 cm³/mol. The van der Waals surface area contributed by atoms with Crippen molar-refractivity contribution in [3.63, 3.8) is 0 Å². The molecule has 0 heterocycles. The molecule has 1 aliphatic rings. The van der Waals surface area contributed by atoms with E-state index in [4.69, 9.17) is 0 Å². The normalized spacial score (nSPS) is 16.8. The molecule has 0 amide bonds. The van der Waals surface area contributed by atoms with Gasteiger partial charge in [-0.3, -0.25) is 4.90 Å². The smallest absolute Gasteiger partial charge is 0.0341 e. The van der Waals surface area contributed by atoms with Crippen molar-refractivity contribution in [1.29, 1.82) is 0 Å². The average molecular weight is 325 g/mol. The highest BCUT2D eigenvalue weighted by atomic mass is 79.9. The van der Waals surface area contributed by atoms with Gasteiger partial charge in [0.05, 0.1) is 0 Å². The fraction of sp³-hybridized carbons (Fsp3) is 0.625. The van der Waals surface area contributed by atoms with Crippen molar-refractivity contribution in [1.82, 2.24) is 4.90 Å². The van der Waals surface area contributed by atoms with Gasteiger partial charge < -0.3 is 5.32 Å². The van der Waals surface area contributed by atoms with Gasteiger partial charge in [0.25, 0.3) is 0 Å². The lowest BCUT2D eigenvalue weighted by molar-refractivity contribution is 0.169. The first-order valence-corrected chi connectivity index (χ1v) is 8.32. The number of nitrogens with zero attached hydrogens (tertiary/aromatic N) is 1. The zero-order chi connectivity index (χ0) is 13.5. The summed E-state index contributed by atoms with van der Waals surface area (Å²) in [6, 6.07) is 9.25. The summed E-state index contributed by atoms with van der Waals surface area (Å²) in [5, 5.41) is 3.51. The van der Waals surface area contributed by atoms with Crippen LogP contribution in [0.4, 0.5) is 5.69 Å². The lowest BCUT2D eigenvalue weighted by atomic mass is 9.94. The van der Waals surface area contributed by atoms with Gasteiger partial charge in [0, 0.05) is 29.3 Å². The number of rotatable bonds is 6. The van der Waals surface area contributed by atoms with E-state index < -0.39 is 0 Å². The SMILES string of the molecule is CCN(CCNc1ccc(Br)cc1)C1CCCCC1. The van der Waals surface area contributed by atoms with Gasteiger partial charge in [-0.1, -0.05) is 42.1 Å². The van der Waals surface area contributed by atoms with Crippen LogP contribution >= 0.6 is 15.9 Å². The topological polar surface area (TPSA) is 15.3 Å². The molecule has 0 atom stereocenters. The summed E-state index contributed by atoms with van der Waals surface area (Å²) in [6.45, 7) is 5.64. The van der Waals surface area contributed by atoms with E-state index in [1.165, 1.54) is 44.3 Å². The van der Waals surface area contributed by atoms with Crippen molar-refractivity contribution in [2.75, 3.05) is 25.0 Å². The zero-order valence-corrected chi connectivity index (χ0v) is 13.5. The Balaban J connectivity index is 1.74. The molecule has 1 aromatic carbocycles. The van der Waals surface area contributed by atoms with Gasteiger partial charge in [-0.15, -0.1) is 0 Å². The third-order valence-corrected chi connectivity index (χ3v) is 4.60. The van der Waals surface area contributed by atoms with E-state index in [0.29, 0.717) is 0 Å². The predicted octanol–water partition coefficient (Wildman–Crippen LogP) is 4.52. The van der Waals surface area contributed by atoms with Crippen molar-refractivity contribution in [3.05, 3.63) is 28.7 Å². The second-order valence-electron chi connectivity index (χ2n) is 5.35. The van der Waals surface area contributed by atoms with Crippen molar-refractivity contribution >= 4 is 21.6 Å². The van der Waals surface area contributed by atoms with Gasteiger partial charge in [-0.25, -0.2) is 0 Å². The fourth-order valence-electron chi connectivity index (χ4n) is 2.96. The molecule has 0 aliphatic heterocycles. The lowest BCUT2D eigenvalue weighted by Gasteiger charge is -2.33. The number of hydrogen-bond donors (Lipinski definition) is 1. The number of hydrogen-bond acceptors (Lipinski definition) is 2. The second kappa shape index (κ2) is 7.91. The highest BCUT2D eigenvalue weighted by Crippen LogP contribution is 2.22. The Labute approximate surface area is 125 Å². The van der Waals surface area contributed by atoms with E-state index in [1.807, 2.05) is 0 Å². The molecule has 0 spiro atoms. The summed E-state index contributed by atoms with van der Waals surface area (Å²) < 4.78 is 1.13. The van der Waals surface area contributed by atoms with Crippen LogP contribution < -0.4 is 5.32 Å². The van der Waals surface area contributed by atoms with Crippen molar-refractivity contribution in [2.45, 2.75) is 45.1 Å². The van der Waals surface area contributed by atoms with E-state index >= 15 is 0 Å². The summed E-state index contributed by atoms with van der Waals surface area (Å²) in [5.74, 6) is 0. The monoisotopic (exact) mass is 324 g/mol. The van der Waals surface area contributed by atoms with Gasteiger partial charge in [-0.2, -0.15) is 0 Å². The van der Waals surface area contributed by atoms with Crippen LogP contribution in [-0.4, -0.2) is 30.6 Å². The molecular formula is C16H25BrN2. The van der Waals surface area contributed by atoms with E-state index in [2.05, 4.69) is 57.3 Å². The summed E-state index contributed by atoms with van der Waals surface area (Å²) in [5.41, 5.74) is 1.21. The third-order valence-electron chi connectivity index (χ3n) is 4.07. The number of likely N-dealkylation sites (N-methyl/N-ethyl adjacent to an activating group) is 1. The van der Waals surface area contributed by atoms with Crippen LogP contribution in [0, 0.1) is 0 Å². The number of anilines is 1. The Bertz CT molecular complexity index is 358. The molecule has 1 aliphatic carbocycles. The van der Waals surface area contributed by atoms with Crippen LogP contribution in [0.3, 0.4) is 0 Å². The molecular weight excluding hydrogens is 300 g/mol. The molecule has 2 nitrogen and oxygen atoms in total. The van der Waals surface area contributed by atoms with Crippen LogP contribution in [0.5, 0.6) is 0 Å². The Morgan fingerprint density at radius 2 is 1.84 bits per heavy atom. The molecule has 0 unspecified atom stereocenters.